The van der Waals surface area contributed by atoms with Gasteiger partial charge in [0, 0.05) is 87.2 Å². The zero-order valence-electron chi connectivity index (χ0n) is 20.3. The Morgan fingerprint density at radius 1 is 1.21 bits per heavy atom. The molecule has 0 radical (unpaired) electrons. The maximum Gasteiger partial charge on any atom is 0.219 e. The van der Waals surface area contributed by atoms with Gasteiger partial charge in [0.2, 0.25) is 5.91 Å². The van der Waals surface area contributed by atoms with Gasteiger partial charge in [-0.3, -0.25) is 10.2 Å². The summed E-state index contributed by atoms with van der Waals surface area (Å²) in [5.41, 5.74) is 3.37. The fourth-order valence-electron chi connectivity index (χ4n) is 5.37. The highest BCUT2D eigenvalue weighted by Crippen LogP contribution is 2.29. The number of carbonyl (C=O) groups is 1. The molecule has 0 unspecified atom stereocenters. The van der Waals surface area contributed by atoms with Crippen LogP contribution in [0.1, 0.15) is 45.1 Å². The summed E-state index contributed by atoms with van der Waals surface area (Å²) in [7, 11) is 0. The molecule has 3 aliphatic heterocycles. The van der Waals surface area contributed by atoms with Gasteiger partial charge < -0.3 is 19.9 Å². The molecule has 2 fully saturated rings. The number of hydrogen-bond donors (Lipinski definition) is 2. The Morgan fingerprint density at radius 2 is 2.03 bits per heavy atom. The number of carbonyl (C=O) groups excluding carboxylic acids is 1. The summed E-state index contributed by atoms with van der Waals surface area (Å²) in [4.78, 5) is 21.2. The van der Waals surface area contributed by atoms with Gasteiger partial charge in [0.1, 0.15) is 5.82 Å². The number of nitrogens with zero attached hydrogens (tertiary/aromatic N) is 3. The molecule has 7 nitrogen and oxygen atoms in total. The first-order valence-corrected chi connectivity index (χ1v) is 12.5. The predicted octanol–water partition coefficient (Wildman–Crippen LogP) is 3.72. The van der Waals surface area contributed by atoms with Crippen molar-refractivity contribution in [1.82, 2.24) is 15.2 Å². The molecule has 0 aliphatic carbocycles. The molecule has 1 amide bonds. The highest BCUT2D eigenvalue weighted by atomic mass is 16.5. The molecular weight excluding hydrogens is 426 g/mol. The number of fused-ring (bicyclic) bond motifs is 1. The second-order valence-electron chi connectivity index (χ2n) is 9.96. The first-order chi connectivity index (χ1) is 16.5. The fraction of sp³-hybridized carbons (Fsp3) is 0.519. The topological polar surface area (TPSA) is 81.6 Å². The van der Waals surface area contributed by atoms with Crippen molar-refractivity contribution in [1.29, 1.82) is 5.41 Å². The predicted molar refractivity (Wildman–Crippen MR) is 135 cm³/mol. The Hall–Kier alpha value is -2.93. The number of nitrogens with one attached hydrogen (secondary N) is 2. The molecule has 1 aromatic carbocycles. The average Bonchev–Trinajstić information content (AvgIpc) is 3.30. The van der Waals surface area contributed by atoms with Crippen LogP contribution in [0.4, 0.5) is 5.82 Å². The molecule has 5 rings (SSSR count). The molecule has 1 aromatic heterocycles. The lowest BCUT2D eigenvalue weighted by Gasteiger charge is -2.34. The summed E-state index contributed by atoms with van der Waals surface area (Å²) >= 11 is 0. The van der Waals surface area contributed by atoms with Crippen molar-refractivity contribution in [3.8, 4) is 0 Å². The highest BCUT2D eigenvalue weighted by molar-refractivity contribution is 6.18. The number of amides is 1. The van der Waals surface area contributed by atoms with Crippen LogP contribution < -0.4 is 10.2 Å². The Bertz CT molecular complexity index is 1120. The fourth-order valence-corrected chi connectivity index (χ4v) is 5.37. The largest absolute Gasteiger partial charge is 0.385 e. The summed E-state index contributed by atoms with van der Waals surface area (Å²) in [6.45, 7) is 8.68. The lowest BCUT2D eigenvalue weighted by Crippen LogP contribution is -2.43. The highest BCUT2D eigenvalue weighted by Gasteiger charge is 2.27. The van der Waals surface area contributed by atoms with E-state index in [4.69, 9.17) is 9.72 Å². The third kappa shape index (κ3) is 4.67. The maximum absolute atomic E-state index is 12.2. The van der Waals surface area contributed by atoms with Crippen molar-refractivity contribution in [2.45, 2.75) is 45.6 Å². The minimum Gasteiger partial charge on any atom is -0.385 e. The molecular formula is C27H35N5O2. The SMILES string of the molecule is CC(=O)N1CCC(NC2CCOCC2)=C(C(=N)c2cccc3cc(N4CC[C@H](C)C4)ncc23)C1. The zero-order chi connectivity index (χ0) is 23.7. The number of aromatic nitrogens is 1. The van der Waals surface area contributed by atoms with E-state index >= 15 is 0 Å². The van der Waals surface area contributed by atoms with Gasteiger partial charge in [-0.25, -0.2) is 4.98 Å². The van der Waals surface area contributed by atoms with E-state index in [1.807, 2.05) is 23.2 Å². The van der Waals surface area contributed by atoms with Gasteiger partial charge in [-0.2, -0.15) is 0 Å². The van der Waals surface area contributed by atoms with Crippen LogP contribution in [-0.4, -0.2) is 66.9 Å². The second kappa shape index (κ2) is 9.74. The van der Waals surface area contributed by atoms with Crippen molar-refractivity contribution in [2.75, 3.05) is 44.3 Å². The standard InChI is InChI=1S/C27H35N5O2/c1-18-6-10-32(16-18)26-14-20-4-3-5-22(23(20)15-29-26)27(28)24-17-31(19(2)33)11-7-25(24)30-21-8-12-34-13-9-21/h3-5,14-15,18,21,28,30H,6-13,16-17H2,1-2H3/t18-/m0/s1. The lowest BCUT2D eigenvalue weighted by molar-refractivity contribution is -0.128. The maximum atomic E-state index is 12.2. The van der Waals surface area contributed by atoms with E-state index in [-0.39, 0.29) is 5.91 Å². The number of rotatable bonds is 5. The lowest BCUT2D eigenvalue weighted by atomic mass is 9.92. The Morgan fingerprint density at radius 3 is 2.76 bits per heavy atom. The number of benzene rings is 1. The van der Waals surface area contributed by atoms with Gasteiger partial charge in [-0.15, -0.1) is 0 Å². The second-order valence-corrected chi connectivity index (χ2v) is 9.96. The van der Waals surface area contributed by atoms with Gasteiger partial charge in [-0.05, 0) is 36.6 Å². The number of pyridine rings is 1. The van der Waals surface area contributed by atoms with Crippen LogP contribution in [0.15, 0.2) is 41.7 Å². The van der Waals surface area contributed by atoms with Gasteiger partial charge in [0.25, 0.3) is 0 Å². The van der Waals surface area contributed by atoms with Gasteiger partial charge in [-0.1, -0.05) is 25.1 Å². The van der Waals surface area contributed by atoms with E-state index in [1.165, 1.54) is 6.42 Å². The summed E-state index contributed by atoms with van der Waals surface area (Å²) in [6.07, 6.45) is 5.81. The van der Waals surface area contributed by atoms with Crippen LogP contribution in [0.2, 0.25) is 0 Å². The van der Waals surface area contributed by atoms with Crippen molar-refractivity contribution >= 4 is 28.2 Å². The quantitative estimate of drug-likeness (QED) is 0.664. The van der Waals surface area contributed by atoms with Crippen molar-refractivity contribution in [2.24, 2.45) is 5.92 Å². The summed E-state index contributed by atoms with van der Waals surface area (Å²) < 4.78 is 5.52. The molecule has 1 atom stereocenters. The van der Waals surface area contributed by atoms with Crippen LogP contribution in [0.3, 0.4) is 0 Å². The van der Waals surface area contributed by atoms with Crippen LogP contribution in [0, 0.1) is 11.3 Å². The van der Waals surface area contributed by atoms with Crippen molar-refractivity contribution in [3.63, 3.8) is 0 Å². The molecule has 180 valence electrons. The summed E-state index contributed by atoms with van der Waals surface area (Å²) in [6, 6.07) is 8.66. The van der Waals surface area contributed by atoms with Crippen LogP contribution in [0.5, 0.6) is 0 Å². The summed E-state index contributed by atoms with van der Waals surface area (Å²) in [5.74, 6) is 1.77. The van der Waals surface area contributed by atoms with Crippen molar-refractivity contribution in [3.05, 3.63) is 47.3 Å². The molecule has 0 saturated carbocycles. The Labute approximate surface area is 201 Å². The Kier molecular flexibility index (Phi) is 6.55. The number of ether oxygens (including phenoxy) is 1. The molecule has 2 saturated heterocycles. The van der Waals surface area contributed by atoms with Crippen LogP contribution in [0.25, 0.3) is 10.8 Å². The molecule has 7 heteroatoms. The molecule has 34 heavy (non-hydrogen) atoms. The molecule has 2 N–H and O–H groups in total. The smallest absolute Gasteiger partial charge is 0.219 e. The average molecular weight is 462 g/mol. The number of hydrogen-bond acceptors (Lipinski definition) is 6. The third-order valence-electron chi connectivity index (χ3n) is 7.46. The number of anilines is 1. The zero-order valence-corrected chi connectivity index (χ0v) is 20.3. The van der Waals surface area contributed by atoms with Crippen LogP contribution in [-0.2, 0) is 9.53 Å². The van der Waals surface area contributed by atoms with E-state index in [0.717, 1.165) is 79.0 Å². The third-order valence-corrected chi connectivity index (χ3v) is 7.46. The van der Waals surface area contributed by atoms with Gasteiger partial charge >= 0.3 is 0 Å². The van der Waals surface area contributed by atoms with Crippen molar-refractivity contribution < 1.29 is 9.53 Å². The van der Waals surface area contributed by atoms with E-state index < -0.39 is 0 Å². The van der Waals surface area contributed by atoms with E-state index in [2.05, 4.69) is 29.3 Å². The molecule has 3 aliphatic rings. The van der Waals surface area contributed by atoms with E-state index in [9.17, 15) is 10.2 Å². The summed E-state index contributed by atoms with van der Waals surface area (Å²) in [5, 5.41) is 15.0. The normalized spacial score (nSPS) is 21.9. The molecule has 0 spiro atoms. The first-order valence-electron chi connectivity index (χ1n) is 12.5. The van der Waals surface area contributed by atoms with Gasteiger partial charge in [0.15, 0.2) is 0 Å². The minimum absolute atomic E-state index is 0.0551. The van der Waals surface area contributed by atoms with E-state index in [1.54, 1.807) is 6.92 Å². The van der Waals surface area contributed by atoms with Gasteiger partial charge in [0.05, 0.1) is 5.71 Å². The molecule has 2 aromatic rings. The van der Waals surface area contributed by atoms with Crippen LogP contribution >= 0.6 is 0 Å². The minimum atomic E-state index is 0.0551. The molecule has 0 bridgehead atoms. The Balaban J connectivity index is 1.48. The van der Waals surface area contributed by atoms with E-state index in [0.29, 0.717) is 30.8 Å². The first kappa shape index (κ1) is 22.8. The monoisotopic (exact) mass is 461 g/mol. The molecule has 4 heterocycles.